The Hall–Kier alpha value is -4.03. The molecule has 1 N–H and O–H groups in total. The summed E-state index contributed by atoms with van der Waals surface area (Å²) < 4.78 is 2.14. The van der Waals surface area contributed by atoms with Gasteiger partial charge in [-0.25, -0.2) is 4.79 Å². The molecule has 3 amide bonds. The van der Waals surface area contributed by atoms with E-state index < -0.39 is 0 Å². The number of fused-ring (bicyclic) bond motifs is 3. The highest BCUT2D eigenvalue weighted by Gasteiger charge is 2.40. The van der Waals surface area contributed by atoms with Crippen molar-refractivity contribution in [3.63, 3.8) is 0 Å². The molecule has 2 heterocycles. The standard InChI is InChI=1S/C30H27ClN4O2/c1-20-13-14-22(18-24(20)31)32-30(37)34(23-15-16-23)19-28(36)35-26-11-6-5-10-25(26)33-17-7-12-27(33)29(35)21-8-3-2-4-9-21/h2-14,17-18,23,29H,15-16,19H2,1H3,(H,32,37). The molecule has 0 spiro atoms. The van der Waals surface area contributed by atoms with E-state index in [9.17, 15) is 9.59 Å². The number of para-hydroxylation sites is 2. The Morgan fingerprint density at radius 1 is 0.946 bits per heavy atom. The average molecular weight is 511 g/mol. The summed E-state index contributed by atoms with van der Waals surface area (Å²) in [6, 6.07) is 26.9. The Morgan fingerprint density at radius 3 is 2.41 bits per heavy atom. The number of rotatable bonds is 5. The van der Waals surface area contributed by atoms with Crippen molar-refractivity contribution in [2.45, 2.75) is 31.8 Å². The third-order valence-electron chi connectivity index (χ3n) is 7.08. The molecular weight excluding hydrogens is 484 g/mol. The lowest BCUT2D eigenvalue weighted by atomic mass is 9.97. The van der Waals surface area contributed by atoms with Gasteiger partial charge >= 0.3 is 6.03 Å². The van der Waals surface area contributed by atoms with Crippen LogP contribution in [0.25, 0.3) is 5.69 Å². The number of halogens is 1. The van der Waals surface area contributed by atoms with Crippen LogP contribution in [-0.2, 0) is 4.79 Å². The Morgan fingerprint density at radius 2 is 1.68 bits per heavy atom. The summed E-state index contributed by atoms with van der Waals surface area (Å²) in [6.07, 6.45) is 3.80. The van der Waals surface area contributed by atoms with Crippen LogP contribution in [0.2, 0.25) is 5.02 Å². The highest BCUT2D eigenvalue weighted by Crippen LogP contribution is 2.42. The van der Waals surface area contributed by atoms with Gasteiger partial charge in [0.05, 0.1) is 17.1 Å². The number of hydrogen-bond donors (Lipinski definition) is 1. The first kappa shape index (κ1) is 23.4. The SMILES string of the molecule is Cc1ccc(NC(=O)N(CC(=O)N2c3ccccc3-n3cccc3C2c2ccccc2)C2CC2)cc1Cl. The predicted molar refractivity (Wildman–Crippen MR) is 146 cm³/mol. The van der Waals surface area contributed by atoms with E-state index in [1.165, 1.54) is 0 Å². The van der Waals surface area contributed by atoms with Crippen molar-refractivity contribution in [1.82, 2.24) is 9.47 Å². The number of carbonyl (C=O) groups is 2. The Labute approximate surface area is 221 Å². The van der Waals surface area contributed by atoms with Crippen LogP contribution in [0.1, 0.15) is 35.7 Å². The van der Waals surface area contributed by atoms with Gasteiger partial charge in [0.15, 0.2) is 0 Å². The van der Waals surface area contributed by atoms with Gasteiger partial charge in [0.1, 0.15) is 12.6 Å². The third kappa shape index (κ3) is 4.38. The van der Waals surface area contributed by atoms with Crippen LogP contribution in [0.3, 0.4) is 0 Å². The number of nitrogens with zero attached hydrogens (tertiary/aromatic N) is 3. The van der Waals surface area contributed by atoms with Crippen molar-refractivity contribution in [2.24, 2.45) is 0 Å². The van der Waals surface area contributed by atoms with Crippen LogP contribution < -0.4 is 10.2 Å². The van der Waals surface area contributed by atoms with Crippen LogP contribution in [0, 0.1) is 6.92 Å². The second kappa shape index (κ2) is 9.45. The molecule has 3 aromatic carbocycles. The molecule has 0 bridgehead atoms. The van der Waals surface area contributed by atoms with Gasteiger partial charge in [-0.3, -0.25) is 9.69 Å². The lowest BCUT2D eigenvalue weighted by Gasteiger charge is -2.39. The number of aryl methyl sites for hydroxylation is 1. The maximum Gasteiger partial charge on any atom is 0.322 e. The molecule has 1 saturated carbocycles. The van der Waals surface area contributed by atoms with Crippen LogP contribution in [0.15, 0.2) is 91.1 Å². The molecule has 4 aromatic rings. The summed E-state index contributed by atoms with van der Waals surface area (Å²) in [5, 5.41) is 3.53. The quantitative estimate of drug-likeness (QED) is 0.330. The minimum absolute atomic E-state index is 0.0194. The van der Waals surface area contributed by atoms with Gasteiger partial charge in [-0.2, -0.15) is 0 Å². The second-order valence-corrected chi connectivity index (χ2v) is 10.0. The van der Waals surface area contributed by atoms with E-state index >= 15 is 0 Å². The van der Waals surface area contributed by atoms with Crippen molar-refractivity contribution in [3.8, 4) is 5.69 Å². The van der Waals surface area contributed by atoms with Crippen LogP contribution in [0.5, 0.6) is 0 Å². The molecule has 37 heavy (non-hydrogen) atoms. The number of carbonyl (C=O) groups excluding carboxylic acids is 2. The Balaban J connectivity index is 1.34. The van der Waals surface area contributed by atoms with Gasteiger partial charge < -0.3 is 14.8 Å². The zero-order chi connectivity index (χ0) is 25.5. The first-order chi connectivity index (χ1) is 18.0. The maximum absolute atomic E-state index is 14.1. The molecular formula is C30H27ClN4O2. The molecule has 1 atom stereocenters. The predicted octanol–water partition coefficient (Wildman–Crippen LogP) is 6.57. The van der Waals surface area contributed by atoms with Crippen LogP contribution >= 0.6 is 11.6 Å². The Kier molecular flexibility index (Phi) is 5.97. The number of urea groups is 1. The summed E-state index contributed by atoms with van der Waals surface area (Å²) in [5.74, 6) is -0.127. The van der Waals surface area contributed by atoms with E-state index in [-0.39, 0.29) is 30.6 Å². The fourth-order valence-electron chi connectivity index (χ4n) is 5.05. The number of nitrogens with one attached hydrogen (secondary N) is 1. The molecule has 1 unspecified atom stereocenters. The van der Waals surface area contributed by atoms with Gasteiger partial charge in [0, 0.05) is 22.9 Å². The number of aromatic nitrogens is 1. The lowest BCUT2D eigenvalue weighted by molar-refractivity contribution is -0.119. The highest BCUT2D eigenvalue weighted by atomic mass is 35.5. The van der Waals surface area contributed by atoms with Crippen LogP contribution in [-0.4, -0.2) is 34.0 Å². The smallest absolute Gasteiger partial charge is 0.316 e. The molecule has 186 valence electrons. The van der Waals surface area contributed by atoms with Crippen molar-refractivity contribution in [3.05, 3.63) is 113 Å². The summed E-state index contributed by atoms with van der Waals surface area (Å²) in [7, 11) is 0. The number of hydrogen-bond acceptors (Lipinski definition) is 2. The van der Waals surface area contributed by atoms with Gasteiger partial charge in [-0.1, -0.05) is 60.1 Å². The van der Waals surface area contributed by atoms with E-state index in [0.29, 0.717) is 10.7 Å². The van der Waals surface area contributed by atoms with E-state index in [0.717, 1.165) is 41.0 Å². The minimum atomic E-state index is -0.307. The molecule has 6 nitrogen and oxygen atoms in total. The largest absolute Gasteiger partial charge is 0.322 e. The number of amides is 3. The van der Waals surface area contributed by atoms with Crippen molar-refractivity contribution in [2.75, 3.05) is 16.8 Å². The lowest BCUT2D eigenvalue weighted by Crippen LogP contribution is -2.48. The normalized spacial score (nSPS) is 16.1. The summed E-state index contributed by atoms with van der Waals surface area (Å²) in [6.45, 7) is 1.90. The third-order valence-corrected chi connectivity index (χ3v) is 7.49. The van der Waals surface area contributed by atoms with Gasteiger partial charge in [0.25, 0.3) is 0 Å². The maximum atomic E-state index is 14.1. The highest BCUT2D eigenvalue weighted by molar-refractivity contribution is 6.31. The zero-order valence-electron chi connectivity index (χ0n) is 20.5. The first-order valence-electron chi connectivity index (χ1n) is 12.5. The fourth-order valence-corrected chi connectivity index (χ4v) is 5.23. The van der Waals surface area contributed by atoms with Crippen molar-refractivity contribution >= 4 is 34.9 Å². The molecule has 1 fully saturated rings. The second-order valence-electron chi connectivity index (χ2n) is 9.62. The molecule has 1 aliphatic heterocycles. The number of anilines is 2. The Bertz CT molecular complexity index is 1480. The van der Waals surface area contributed by atoms with E-state index in [1.54, 1.807) is 11.0 Å². The number of benzene rings is 3. The molecule has 1 aliphatic carbocycles. The minimum Gasteiger partial charge on any atom is -0.316 e. The topological polar surface area (TPSA) is 57.6 Å². The molecule has 1 aromatic heterocycles. The van der Waals surface area contributed by atoms with Crippen molar-refractivity contribution in [1.29, 1.82) is 0 Å². The summed E-state index contributed by atoms with van der Waals surface area (Å²) >= 11 is 6.26. The summed E-state index contributed by atoms with van der Waals surface area (Å²) in [5.41, 5.74) is 5.35. The van der Waals surface area contributed by atoms with E-state index in [1.807, 2.05) is 90.8 Å². The average Bonchev–Trinajstić information content (AvgIpc) is 3.64. The van der Waals surface area contributed by atoms with E-state index in [4.69, 9.17) is 11.6 Å². The molecule has 0 saturated heterocycles. The molecule has 2 aliphatic rings. The monoisotopic (exact) mass is 510 g/mol. The van der Waals surface area contributed by atoms with Gasteiger partial charge in [-0.15, -0.1) is 0 Å². The van der Waals surface area contributed by atoms with Crippen LogP contribution in [0.4, 0.5) is 16.2 Å². The molecule has 7 heteroatoms. The van der Waals surface area contributed by atoms with Crippen molar-refractivity contribution < 1.29 is 9.59 Å². The van der Waals surface area contributed by atoms with Gasteiger partial charge in [-0.05, 0) is 67.3 Å². The summed E-state index contributed by atoms with van der Waals surface area (Å²) in [4.78, 5) is 31.0. The molecule has 0 radical (unpaired) electrons. The zero-order valence-corrected chi connectivity index (χ0v) is 21.2. The fraction of sp³-hybridized carbons (Fsp3) is 0.200. The van der Waals surface area contributed by atoms with E-state index in [2.05, 4.69) is 16.0 Å². The van der Waals surface area contributed by atoms with Gasteiger partial charge in [0.2, 0.25) is 5.91 Å². The first-order valence-corrected chi connectivity index (χ1v) is 12.9. The molecule has 6 rings (SSSR count).